The Kier molecular flexibility index (Phi) is 8.66. The lowest BCUT2D eigenvalue weighted by molar-refractivity contribution is -0.122. The summed E-state index contributed by atoms with van der Waals surface area (Å²) < 4.78 is 31.7. The van der Waals surface area contributed by atoms with Gasteiger partial charge in [-0.2, -0.15) is 0 Å². The molecule has 11 heteroatoms. The molecule has 0 radical (unpaired) electrons. The van der Waals surface area contributed by atoms with Crippen molar-refractivity contribution in [2.24, 2.45) is 5.92 Å². The fourth-order valence-corrected chi connectivity index (χ4v) is 4.74. The lowest BCUT2D eigenvalue weighted by atomic mass is 9.72. The van der Waals surface area contributed by atoms with Crippen LogP contribution >= 0.6 is 7.82 Å². The maximum absolute atomic E-state index is 13.7. The van der Waals surface area contributed by atoms with Gasteiger partial charge in [-0.05, 0) is 48.6 Å². The first-order valence-electron chi connectivity index (χ1n) is 11.2. The van der Waals surface area contributed by atoms with E-state index < -0.39 is 7.82 Å². The molecule has 0 aliphatic heterocycles. The van der Waals surface area contributed by atoms with Crippen molar-refractivity contribution in [1.82, 2.24) is 0 Å². The summed E-state index contributed by atoms with van der Waals surface area (Å²) in [6.07, 6.45) is 3.35. The highest BCUT2D eigenvalue weighted by molar-refractivity contribution is 7.46. The SMILES string of the molecule is COc1cc(C(=O)C2CCCCC2c2ccc(N(C)C)c(OOP(=O)(O)O)c2)cc(OC)c1OC. The number of ketones is 1. The number of Topliss-reactive ketones (excluding diaryl/α,β-unsaturated/α-hetero) is 1. The zero-order valence-corrected chi connectivity index (χ0v) is 21.4. The molecule has 0 saturated heterocycles. The molecule has 0 bridgehead atoms. The molecule has 0 amide bonds. The zero-order chi connectivity index (χ0) is 25.8. The molecular formula is C24H32NO9P. The molecule has 1 saturated carbocycles. The molecule has 2 aromatic rings. The molecule has 1 fully saturated rings. The van der Waals surface area contributed by atoms with E-state index in [2.05, 4.69) is 4.67 Å². The smallest absolute Gasteiger partial charge is 0.493 e. The maximum Gasteiger partial charge on any atom is 0.505 e. The Hall–Kier alpha value is -2.78. The Morgan fingerprint density at radius 1 is 0.943 bits per heavy atom. The second-order valence-corrected chi connectivity index (χ2v) is 9.68. The van der Waals surface area contributed by atoms with E-state index in [4.69, 9.17) is 28.9 Å². The summed E-state index contributed by atoms with van der Waals surface area (Å²) in [7, 11) is 3.21. The van der Waals surface area contributed by atoms with Gasteiger partial charge in [0, 0.05) is 25.6 Å². The Bertz CT molecular complexity index is 1070. The molecule has 35 heavy (non-hydrogen) atoms. The van der Waals surface area contributed by atoms with Crippen molar-refractivity contribution in [3.63, 3.8) is 0 Å². The quantitative estimate of drug-likeness (QED) is 0.207. The maximum atomic E-state index is 13.7. The fourth-order valence-electron chi connectivity index (χ4n) is 4.57. The predicted molar refractivity (Wildman–Crippen MR) is 130 cm³/mol. The number of ether oxygens (including phenoxy) is 3. The van der Waals surface area contributed by atoms with Gasteiger partial charge >= 0.3 is 7.82 Å². The standard InChI is InChI=1S/C24H32NO9P/c1-25(2)19-11-10-15(12-20(19)33-34-35(27,28)29)17-8-6-7-9-18(17)23(26)16-13-21(30-3)24(32-5)22(14-16)31-4/h10-14,17-18H,6-9H2,1-5H3,(H2,27,28,29). The van der Waals surface area contributed by atoms with E-state index in [9.17, 15) is 9.36 Å². The van der Waals surface area contributed by atoms with Crippen LogP contribution in [0.4, 0.5) is 5.69 Å². The van der Waals surface area contributed by atoms with Gasteiger partial charge in [0.15, 0.2) is 23.0 Å². The highest BCUT2D eigenvalue weighted by Crippen LogP contribution is 2.45. The third kappa shape index (κ3) is 6.27. The number of hydrogen-bond donors (Lipinski definition) is 2. The molecular weight excluding hydrogens is 477 g/mol. The van der Waals surface area contributed by atoms with Gasteiger partial charge in [0.1, 0.15) is 0 Å². The number of anilines is 1. The van der Waals surface area contributed by atoms with Gasteiger partial charge < -0.3 is 33.8 Å². The minimum atomic E-state index is -4.85. The van der Waals surface area contributed by atoms with E-state index in [1.807, 2.05) is 6.07 Å². The van der Waals surface area contributed by atoms with Crippen molar-refractivity contribution < 1.29 is 42.9 Å². The van der Waals surface area contributed by atoms with Crippen LogP contribution in [-0.4, -0.2) is 51.0 Å². The third-order valence-electron chi connectivity index (χ3n) is 6.17. The molecule has 2 aromatic carbocycles. The largest absolute Gasteiger partial charge is 0.505 e. The average molecular weight is 509 g/mol. The van der Waals surface area contributed by atoms with E-state index >= 15 is 0 Å². The molecule has 0 heterocycles. The van der Waals surface area contributed by atoms with Gasteiger partial charge in [0.25, 0.3) is 0 Å². The number of carbonyl (C=O) groups is 1. The minimum Gasteiger partial charge on any atom is -0.493 e. The lowest BCUT2D eigenvalue weighted by Gasteiger charge is -2.32. The highest BCUT2D eigenvalue weighted by atomic mass is 31.2. The van der Waals surface area contributed by atoms with Gasteiger partial charge in [-0.1, -0.05) is 23.6 Å². The second kappa shape index (κ2) is 11.3. The van der Waals surface area contributed by atoms with Crippen LogP contribution in [0.1, 0.15) is 47.5 Å². The summed E-state index contributed by atoms with van der Waals surface area (Å²) in [6, 6.07) is 8.69. The van der Waals surface area contributed by atoms with Gasteiger partial charge in [-0.3, -0.25) is 4.79 Å². The number of carbonyl (C=O) groups excluding carboxylic acids is 1. The molecule has 2 unspecified atom stereocenters. The molecule has 1 aliphatic rings. The number of phosphoric acid groups is 1. The topological polar surface area (TPSA) is 124 Å². The molecule has 192 valence electrons. The van der Waals surface area contributed by atoms with Gasteiger partial charge in [0.05, 0.1) is 27.0 Å². The van der Waals surface area contributed by atoms with Gasteiger partial charge in [0.2, 0.25) is 5.75 Å². The predicted octanol–water partition coefficient (Wildman–Crippen LogP) is 4.34. The van der Waals surface area contributed by atoms with E-state index in [1.165, 1.54) is 21.3 Å². The van der Waals surface area contributed by atoms with Crippen LogP contribution in [0.3, 0.4) is 0 Å². The zero-order valence-electron chi connectivity index (χ0n) is 20.5. The normalized spacial score (nSPS) is 18.0. The first-order chi connectivity index (χ1) is 16.6. The summed E-state index contributed by atoms with van der Waals surface area (Å²) in [5, 5.41) is 0. The summed E-state index contributed by atoms with van der Waals surface area (Å²) in [4.78, 5) is 38.6. The summed E-state index contributed by atoms with van der Waals surface area (Å²) in [5.41, 5.74) is 1.86. The van der Waals surface area contributed by atoms with E-state index in [1.54, 1.807) is 43.3 Å². The molecule has 0 spiro atoms. The lowest BCUT2D eigenvalue weighted by Crippen LogP contribution is -2.26. The Morgan fingerprint density at radius 2 is 1.57 bits per heavy atom. The summed E-state index contributed by atoms with van der Waals surface area (Å²) in [5.74, 6) is 0.903. The minimum absolute atomic E-state index is 0.0421. The van der Waals surface area contributed by atoms with Crippen LogP contribution in [0.15, 0.2) is 30.3 Å². The molecule has 0 aromatic heterocycles. The van der Waals surface area contributed by atoms with Crippen LogP contribution in [0, 0.1) is 5.92 Å². The van der Waals surface area contributed by atoms with Crippen molar-refractivity contribution in [1.29, 1.82) is 0 Å². The monoisotopic (exact) mass is 509 g/mol. The van der Waals surface area contributed by atoms with Crippen LogP contribution < -0.4 is 24.0 Å². The average Bonchev–Trinajstić information content (AvgIpc) is 2.85. The highest BCUT2D eigenvalue weighted by Gasteiger charge is 2.34. The number of nitrogens with zero attached hydrogens (tertiary/aromatic N) is 1. The third-order valence-corrected chi connectivity index (χ3v) is 6.44. The molecule has 10 nitrogen and oxygen atoms in total. The first kappa shape index (κ1) is 26.8. The van der Waals surface area contributed by atoms with Crippen LogP contribution in [-0.2, 0) is 9.24 Å². The molecule has 1 aliphatic carbocycles. The van der Waals surface area contributed by atoms with Gasteiger partial charge in [-0.15, -0.1) is 0 Å². The number of methoxy groups -OCH3 is 3. The number of benzene rings is 2. The van der Waals surface area contributed by atoms with Crippen molar-refractivity contribution in [2.45, 2.75) is 31.6 Å². The fraction of sp³-hybridized carbons (Fsp3) is 0.458. The van der Waals surface area contributed by atoms with Gasteiger partial charge in [-0.25, -0.2) is 4.57 Å². The Balaban J connectivity index is 1.98. The van der Waals surface area contributed by atoms with Crippen molar-refractivity contribution >= 4 is 19.3 Å². The van der Waals surface area contributed by atoms with Crippen molar-refractivity contribution in [3.05, 3.63) is 41.5 Å². The molecule has 3 rings (SSSR count). The summed E-state index contributed by atoms with van der Waals surface area (Å²) >= 11 is 0. The van der Waals surface area contributed by atoms with Crippen LogP contribution in [0.25, 0.3) is 0 Å². The van der Waals surface area contributed by atoms with Crippen LogP contribution in [0.5, 0.6) is 23.0 Å². The Labute approximate surface area is 204 Å². The van der Waals surface area contributed by atoms with Crippen molar-refractivity contribution in [3.8, 4) is 23.0 Å². The van der Waals surface area contributed by atoms with E-state index in [0.717, 1.165) is 24.8 Å². The van der Waals surface area contributed by atoms with E-state index in [0.29, 0.717) is 34.9 Å². The molecule has 2 N–H and O–H groups in total. The summed E-state index contributed by atoms with van der Waals surface area (Å²) in [6.45, 7) is 0. The first-order valence-corrected chi connectivity index (χ1v) is 12.7. The number of rotatable bonds is 10. The van der Waals surface area contributed by atoms with E-state index in [-0.39, 0.29) is 23.4 Å². The van der Waals surface area contributed by atoms with Crippen molar-refractivity contribution in [2.75, 3.05) is 40.3 Å². The second-order valence-electron chi connectivity index (χ2n) is 8.55. The van der Waals surface area contributed by atoms with Crippen LogP contribution in [0.2, 0.25) is 0 Å². The number of hydrogen-bond acceptors (Lipinski definition) is 8. The Morgan fingerprint density at radius 3 is 2.11 bits per heavy atom. The molecule has 2 atom stereocenters.